The highest BCUT2D eigenvalue weighted by atomic mass is 35.5. The van der Waals surface area contributed by atoms with Crippen molar-refractivity contribution in [1.82, 2.24) is 4.90 Å². The Bertz CT molecular complexity index is 996. The van der Waals surface area contributed by atoms with Crippen molar-refractivity contribution in [2.45, 2.75) is 13.5 Å². The standard InChI is InChI=1S/C22H22ClNO4/c1-14-11-20(26-3)21(27-4)12-15(14)13-24(2)22(25)19-10-9-18(28-19)16-7-5-6-8-17(16)23/h5-12H,13H2,1-4H3. The number of nitrogens with zero attached hydrogens (tertiary/aromatic N) is 1. The SMILES string of the molecule is COc1cc(C)c(CN(C)C(=O)c2ccc(-c3ccccc3Cl)o2)cc1OC. The second kappa shape index (κ2) is 8.40. The lowest BCUT2D eigenvalue weighted by atomic mass is 10.1. The summed E-state index contributed by atoms with van der Waals surface area (Å²) < 4.78 is 16.4. The molecule has 2 aromatic carbocycles. The maximum absolute atomic E-state index is 12.8. The minimum atomic E-state index is -0.215. The molecule has 1 aromatic heterocycles. The molecule has 0 saturated heterocycles. The summed E-state index contributed by atoms with van der Waals surface area (Å²) in [6.07, 6.45) is 0. The van der Waals surface area contributed by atoms with E-state index in [1.165, 1.54) is 0 Å². The lowest BCUT2D eigenvalue weighted by Crippen LogP contribution is -2.26. The molecule has 3 rings (SSSR count). The van der Waals surface area contributed by atoms with Gasteiger partial charge in [0.05, 0.1) is 19.2 Å². The van der Waals surface area contributed by atoms with E-state index in [2.05, 4.69) is 0 Å². The molecule has 3 aromatic rings. The number of hydrogen-bond acceptors (Lipinski definition) is 4. The summed E-state index contributed by atoms with van der Waals surface area (Å²) in [5.74, 6) is 1.89. The Labute approximate surface area is 169 Å². The van der Waals surface area contributed by atoms with E-state index in [9.17, 15) is 4.79 Å². The Kier molecular flexibility index (Phi) is 5.95. The molecule has 146 valence electrons. The fraction of sp³-hybridized carbons (Fsp3) is 0.227. The molecule has 0 bridgehead atoms. The van der Waals surface area contributed by atoms with Gasteiger partial charge in [-0.3, -0.25) is 4.79 Å². The molecule has 0 atom stereocenters. The summed E-state index contributed by atoms with van der Waals surface area (Å²) in [5.41, 5.74) is 2.72. The molecule has 0 radical (unpaired) electrons. The van der Waals surface area contributed by atoms with Crippen LogP contribution < -0.4 is 9.47 Å². The Balaban J connectivity index is 1.80. The third-order valence-electron chi connectivity index (χ3n) is 4.55. The van der Waals surface area contributed by atoms with Crippen molar-refractivity contribution in [2.24, 2.45) is 0 Å². The molecule has 1 amide bonds. The number of amides is 1. The van der Waals surface area contributed by atoms with E-state index < -0.39 is 0 Å². The Morgan fingerprint density at radius 1 is 1.07 bits per heavy atom. The monoisotopic (exact) mass is 399 g/mol. The van der Waals surface area contributed by atoms with Crippen LogP contribution in [0.15, 0.2) is 52.9 Å². The van der Waals surface area contributed by atoms with E-state index in [-0.39, 0.29) is 11.7 Å². The molecular weight excluding hydrogens is 378 g/mol. The van der Waals surface area contributed by atoms with Gasteiger partial charge >= 0.3 is 0 Å². The predicted octanol–water partition coefficient (Wildman–Crippen LogP) is 5.20. The van der Waals surface area contributed by atoms with Gasteiger partial charge in [0.2, 0.25) is 0 Å². The fourth-order valence-corrected chi connectivity index (χ4v) is 3.20. The number of hydrogen-bond donors (Lipinski definition) is 0. The first-order chi connectivity index (χ1) is 13.4. The van der Waals surface area contributed by atoms with Gasteiger partial charge in [0, 0.05) is 19.2 Å². The topological polar surface area (TPSA) is 51.9 Å². The van der Waals surface area contributed by atoms with Crippen LogP contribution in [0.3, 0.4) is 0 Å². The number of ether oxygens (including phenoxy) is 2. The number of carbonyl (C=O) groups is 1. The highest BCUT2D eigenvalue weighted by Gasteiger charge is 2.19. The lowest BCUT2D eigenvalue weighted by Gasteiger charge is -2.19. The maximum Gasteiger partial charge on any atom is 0.289 e. The van der Waals surface area contributed by atoms with Crippen LogP contribution >= 0.6 is 11.6 Å². The quantitative estimate of drug-likeness (QED) is 0.571. The van der Waals surface area contributed by atoms with Crippen molar-refractivity contribution in [3.05, 3.63) is 70.4 Å². The minimum absolute atomic E-state index is 0.215. The number of halogens is 1. The molecule has 5 nitrogen and oxygen atoms in total. The summed E-state index contributed by atoms with van der Waals surface area (Å²) >= 11 is 6.21. The molecule has 6 heteroatoms. The van der Waals surface area contributed by atoms with Crippen molar-refractivity contribution in [2.75, 3.05) is 21.3 Å². The number of carbonyl (C=O) groups excluding carboxylic acids is 1. The molecule has 0 fully saturated rings. The Morgan fingerprint density at radius 3 is 2.43 bits per heavy atom. The van der Waals surface area contributed by atoms with Gasteiger partial charge in [0.1, 0.15) is 5.76 Å². The lowest BCUT2D eigenvalue weighted by molar-refractivity contribution is 0.0754. The first kappa shape index (κ1) is 19.8. The molecule has 0 saturated carbocycles. The first-order valence-corrected chi connectivity index (χ1v) is 9.14. The van der Waals surface area contributed by atoms with E-state index in [4.69, 9.17) is 25.5 Å². The van der Waals surface area contributed by atoms with Gasteiger partial charge in [-0.2, -0.15) is 0 Å². The number of methoxy groups -OCH3 is 2. The summed E-state index contributed by atoms with van der Waals surface area (Å²) in [5, 5.41) is 0.574. The number of aryl methyl sites for hydroxylation is 1. The minimum Gasteiger partial charge on any atom is -0.493 e. The normalized spacial score (nSPS) is 10.6. The first-order valence-electron chi connectivity index (χ1n) is 8.76. The smallest absolute Gasteiger partial charge is 0.289 e. The van der Waals surface area contributed by atoms with Gasteiger partial charge < -0.3 is 18.8 Å². The molecule has 0 unspecified atom stereocenters. The van der Waals surface area contributed by atoms with Crippen LogP contribution in [0.2, 0.25) is 5.02 Å². The van der Waals surface area contributed by atoms with E-state index in [0.717, 1.165) is 16.7 Å². The van der Waals surface area contributed by atoms with Crippen molar-refractivity contribution in [3.63, 3.8) is 0 Å². The van der Waals surface area contributed by atoms with Crippen molar-refractivity contribution in [1.29, 1.82) is 0 Å². The van der Waals surface area contributed by atoms with Crippen LogP contribution in [-0.2, 0) is 6.54 Å². The number of benzene rings is 2. The average Bonchev–Trinajstić information content (AvgIpc) is 3.18. The zero-order chi connectivity index (χ0) is 20.3. The maximum atomic E-state index is 12.8. The highest BCUT2D eigenvalue weighted by Crippen LogP contribution is 2.32. The predicted molar refractivity (Wildman–Crippen MR) is 109 cm³/mol. The second-order valence-corrected chi connectivity index (χ2v) is 6.85. The summed E-state index contributed by atoms with van der Waals surface area (Å²) in [7, 11) is 4.92. The van der Waals surface area contributed by atoms with Gasteiger partial charge in [0.25, 0.3) is 5.91 Å². The van der Waals surface area contributed by atoms with E-state index in [1.807, 2.05) is 37.3 Å². The third-order valence-corrected chi connectivity index (χ3v) is 4.88. The van der Waals surface area contributed by atoms with Crippen LogP contribution in [-0.4, -0.2) is 32.1 Å². The largest absolute Gasteiger partial charge is 0.493 e. The number of rotatable bonds is 6. The molecule has 0 N–H and O–H groups in total. The Hall–Kier alpha value is -2.92. The molecule has 0 aliphatic carbocycles. The molecular formula is C22H22ClNO4. The fourth-order valence-electron chi connectivity index (χ4n) is 2.97. The zero-order valence-electron chi connectivity index (χ0n) is 16.3. The molecule has 1 heterocycles. The molecule has 28 heavy (non-hydrogen) atoms. The zero-order valence-corrected chi connectivity index (χ0v) is 17.0. The summed E-state index contributed by atoms with van der Waals surface area (Å²) in [4.78, 5) is 14.4. The summed E-state index contributed by atoms with van der Waals surface area (Å²) in [6, 6.07) is 14.6. The van der Waals surface area contributed by atoms with Crippen molar-refractivity contribution >= 4 is 17.5 Å². The van der Waals surface area contributed by atoms with Gasteiger partial charge in [-0.1, -0.05) is 23.7 Å². The third kappa shape index (κ3) is 3.99. The van der Waals surface area contributed by atoms with Crippen LogP contribution in [0, 0.1) is 6.92 Å². The van der Waals surface area contributed by atoms with Crippen LogP contribution in [0.1, 0.15) is 21.7 Å². The van der Waals surface area contributed by atoms with E-state index in [1.54, 1.807) is 44.4 Å². The van der Waals surface area contributed by atoms with Gasteiger partial charge in [-0.25, -0.2) is 0 Å². The second-order valence-electron chi connectivity index (χ2n) is 6.44. The number of furan rings is 1. The molecule has 0 aliphatic rings. The highest BCUT2D eigenvalue weighted by molar-refractivity contribution is 6.33. The summed E-state index contributed by atoms with van der Waals surface area (Å²) in [6.45, 7) is 2.38. The van der Waals surface area contributed by atoms with Crippen molar-refractivity contribution < 1.29 is 18.7 Å². The van der Waals surface area contributed by atoms with Crippen LogP contribution in [0.5, 0.6) is 11.5 Å². The van der Waals surface area contributed by atoms with Gasteiger partial charge in [-0.15, -0.1) is 0 Å². The van der Waals surface area contributed by atoms with Crippen molar-refractivity contribution in [3.8, 4) is 22.8 Å². The van der Waals surface area contributed by atoms with Crippen LogP contribution in [0.25, 0.3) is 11.3 Å². The average molecular weight is 400 g/mol. The van der Waals surface area contributed by atoms with Crippen LogP contribution in [0.4, 0.5) is 0 Å². The van der Waals surface area contributed by atoms with Gasteiger partial charge in [-0.05, 0) is 54.4 Å². The molecule has 0 spiro atoms. The van der Waals surface area contributed by atoms with E-state index in [0.29, 0.717) is 28.8 Å². The Morgan fingerprint density at radius 2 is 1.75 bits per heavy atom. The molecule has 0 aliphatic heterocycles. The van der Waals surface area contributed by atoms with Gasteiger partial charge in [0.15, 0.2) is 17.3 Å². The van der Waals surface area contributed by atoms with E-state index >= 15 is 0 Å².